The molecule has 7 nitrogen and oxygen atoms in total. The Hall–Kier alpha value is -2.22. The zero-order chi connectivity index (χ0) is 18.0. The summed E-state index contributed by atoms with van der Waals surface area (Å²) in [5.41, 5.74) is 0.703. The van der Waals surface area contributed by atoms with Crippen molar-refractivity contribution in [2.24, 2.45) is 0 Å². The van der Waals surface area contributed by atoms with Crippen LogP contribution in [0.5, 0.6) is 0 Å². The molecule has 0 aliphatic rings. The number of hydrogen-bond donors (Lipinski definition) is 1. The highest BCUT2D eigenvalue weighted by Crippen LogP contribution is 2.23. The number of aromatic nitrogens is 5. The lowest BCUT2D eigenvalue weighted by Gasteiger charge is -2.11. The van der Waals surface area contributed by atoms with Gasteiger partial charge in [0.1, 0.15) is 6.04 Å². The molecule has 0 radical (unpaired) electrons. The van der Waals surface area contributed by atoms with Crippen molar-refractivity contribution in [2.75, 3.05) is 5.32 Å². The first-order chi connectivity index (χ1) is 11.9. The van der Waals surface area contributed by atoms with Crippen LogP contribution in [0, 0.1) is 0 Å². The van der Waals surface area contributed by atoms with Crippen LogP contribution in [0.2, 0.25) is 15.1 Å². The van der Waals surface area contributed by atoms with Crippen molar-refractivity contribution in [3.05, 3.63) is 51.6 Å². The fourth-order valence-corrected chi connectivity index (χ4v) is 2.58. The Labute approximate surface area is 157 Å². The summed E-state index contributed by atoms with van der Waals surface area (Å²) < 4.78 is 0. The van der Waals surface area contributed by atoms with E-state index in [1.54, 1.807) is 31.2 Å². The van der Waals surface area contributed by atoms with Gasteiger partial charge < -0.3 is 5.32 Å². The van der Waals surface area contributed by atoms with Crippen LogP contribution in [-0.2, 0) is 4.79 Å². The van der Waals surface area contributed by atoms with Gasteiger partial charge in [-0.2, -0.15) is 4.80 Å². The monoisotopic (exact) mass is 396 g/mol. The van der Waals surface area contributed by atoms with Crippen LogP contribution >= 0.6 is 34.8 Å². The summed E-state index contributed by atoms with van der Waals surface area (Å²) in [6, 6.07) is 7.80. The van der Waals surface area contributed by atoms with Gasteiger partial charge >= 0.3 is 0 Å². The average Bonchev–Trinajstić information content (AvgIpc) is 3.06. The standard InChI is InChI=1S/C15H11Cl3N6O/c1-8(15(25)20-14-12(18)6-11(17)7-19-14)24-22-13(21-23-24)9-3-2-4-10(16)5-9/h2-8H,1H3,(H,19,20,25)/t8-/m1/s1. The second kappa shape index (κ2) is 7.35. The predicted molar refractivity (Wildman–Crippen MR) is 95.9 cm³/mol. The Balaban J connectivity index is 1.76. The molecule has 1 aromatic carbocycles. The number of benzene rings is 1. The number of amides is 1. The van der Waals surface area contributed by atoms with E-state index < -0.39 is 11.9 Å². The van der Waals surface area contributed by atoms with E-state index in [0.717, 1.165) is 0 Å². The molecular formula is C15H11Cl3N6O. The molecule has 1 amide bonds. The number of hydrogen-bond acceptors (Lipinski definition) is 5. The van der Waals surface area contributed by atoms with Crippen molar-refractivity contribution < 1.29 is 4.79 Å². The van der Waals surface area contributed by atoms with Gasteiger partial charge in [0, 0.05) is 16.8 Å². The minimum Gasteiger partial charge on any atom is -0.308 e. The fourth-order valence-electron chi connectivity index (χ4n) is 1.96. The zero-order valence-corrected chi connectivity index (χ0v) is 15.1. The number of carbonyl (C=O) groups excluding carboxylic acids is 1. The van der Waals surface area contributed by atoms with Crippen LogP contribution in [0.4, 0.5) is 5.82 Å². The molecule has 0 aliphatic carbocycles. The van der Waals surface area contributed by atoms with E-state index in [2.05, 4.69) is 25.7 Å². The van der Waals surface area contributed by atoms with Crippen LogP contribution in [-0.4, -0.2) is 31.1 Å². The fraction of sp³-hybridized carbons (Fsp3) is 0.133. The van der Waals surface area contributed by atoms with E-state index in [9.17, 15) is 4.79 Å². The van der Waals surface area contributed by atoms with Crippen molar-refractivity contribution in [2.45, 2.75) is 13.0 Å². The largest absolute Gasteiger partial charge is 0.308 e. The van der Waals surface area contributed by atoms with Crippen LogP contribution in [0.15, 0.2) is 36.5 Å². The maximum absolute atomic E-state index is 12.4. The Bertz CT molecular complexity index is 929. The van der Waals surface area contributed by atoms with E-state index in [1.807, 2.05) is 0 Å². The maximum Gasteiger partial charge on any atom is 0.252 e. The summed E-state index contributed by atoms with van der Waals surface area (Å²) in [6.07, 6.45) is 1.39. The first kappa shape index (κ1) is 17.6. The highest BCUT2D eigenvalue weighted by Gasteiger charge is 2.20. The first-order valence-corrected chi connectivity index (χ1v) is 8.25. The maximum atomic E-state index is 12.4. The lowest BCUT2D eigenvalue weighted by Crippen LogP contribution is -2.26. The van der Waals surface area contributed by atoms with Crippen molar-refractivity contribution in [3.63, 3.8) is 0 Å². The molecule has 1 atom stereocenters. The number of nitrogens with zero attached hydrogens (tertiary/aromatic N) is 5. The highest BCUT2D eigenvalue weighted by molar-refractivity contribution is 6.36. The summed E-state index contributed by atoms with van der Waals surface area (Å²) >= 11 is 17.7. The minimum absolute atomic E-state index is 0.207. The second-order valence-corrected chi connectivity index (χ2v) is 6.37. The number of tetrazole rings is 1. The molecule has 1 N–H and O–H groups in total. The molecule has 25 heavy (non-hydrogen) atoms. The highest BCUT2D eigenvalue weighted by atomic mass is 35.5. The van der Waals surface area contributed by atoms with Gasteiger partial charge in [-0.1, -0.05) is 46.9 Å². The SMILES string of the molecule is C[C@H](C(=O)Nc1ncc(Cl)cc1Cl)n1nnc(-c2cccc(Cl)c2)n1. The quantitative estimate of drug-likeness (QED) is 0.721. The van der Waals surface area contributed by atoms with Gasteiger partial charge in [-0.3, -0.25) is 4.79 Å². The van der Waals surface area contributed by atoms with Gasteiger partial charge in [-0.25, -0.2) is 4.98 Å². The smallest absolute Gasteiger partial charge is 0.252 e. The normalized spacial score (nSPS) is 12.0. The van der Waals surface area contributed by atoms with Crippen molar-refractivity contribution in [1.29, 1.82) is 0 Å². The molecule has 10 heteroatoms. The third-order valence-corrected chi connectivity index (χ3v) is 4.02. The third-order valence-electron chi connectivity index (χ3n) is 3.29. The number of rotatable bonds is 4. The zero-order valence-electron chi connectivity index (χ0n) is 12.8. The van der Waals surface area contributed by atoms with Gasteiger partial charge in [0.25, 0.3) is 5.91 Å². The molecule has 2 heterocycles. The van der Waals surface area contributed by atoms with E-state index in [0.29, 0.717) is 21.4 Å². The van der Waals surface area contributed by atoms with Crippen molar-refractivity contribution in [1.82, 2.24) is 25.2 Å². The first-order valence-electron chi connectivity index (χ1n) is 7.11. The summed E-state index contributed by atoms with van der Waals surface area (Å²) in [7, 11) is 0. The van der Waals surface area contributed by atoms with Gasteiger partial charge in [0.05, 0.1) is 10.0 Å². The minimum atomic E-state index is -0.728. The molecule has 0 saturated heterocycles. The molecule has 3 rings (SSSR count). The Morgan fingerprint density at radius 2 is 2.00 bits per heavy atom. The second-order valence-electron chi connectivity index (χ2n) is 5.09. The topological polar surface area (TPSA) is 85.6 Å². The summed E-state index contributed by atoms with van der Waals surface area (Å²) in [5, 5.41) is 15.9. The molecule has 0 unspecified atom stereocenters. The van der Waals surface area contributed by atoms with Crippen LogP contribution < -0.4 is 5.32 Å². The van der Waals surface area contributed by atoms with E-state index in [-0.39, 0.29) is 10.8 Å². The van der Waals surface area contributed by atoms with E-state index >= 15 is 0 Å². The van der Waals surface area contributed by atoms with E-state index in [1.165, 1.54) is 17.1 Å². The van der Waals surface area contributed by atoms with Gasteiger partial charge in [0.2, 0.25) is 5.82 Å². The molecule has 0 aliphatic heterocycles. The molecule has 0 fully saturated rings. The summed E-state index contributed by atoms with van der Waals surface area (Å²) in [4.78, 5) is 17.5. The Morgan fingerprint density at radius 3 is 2.72 bits per heavy atom. The number of halogens is 3. The third kappa shape index (κ3) is 4.07. The van der Waals surface area contributed by atoms with E-state index in [4.69, 9.17) is 34.8 Å². The molecule has 2 aromatic heterocycles. The summed E-state index contributed by atoms with van der Waals surface area (Å²) in [5.74, 6) is 0.176. The van der Waals surface area contributed by atoms with Crippen LogP contribution in [0.3, 0.4) is 0 Å². The molecule has 0 spiro atoms. The number of carbonyl (C=O) groups is 1. The number of pyridine rings is 1. The molecule has 3 aromatic rings. The van der Waals surface area contributed by atoms with Gasteiger partial charge in [0.15, 0.2) is 5.82 Å². The predicted octanol–water partition coefficient (Wildman–Crippen LogP) is 3.90. The van der Waals surface area contributed by atoms with Gasteiger partial charge in [-0.05, 0) is 30.3 Å². The lowest BCUT2D eigenvalue weighted by atomic mass is 10.2. The van der Waals surface area contributed by atoms with Crippen LogP contribution in [0.25, 0.3) is 11.4 Å². The average molecular weight is 398 g/mol. The molecule has 0 bridgehead atoms. The summed E-state index contributed by atoms with van der Waals surface area (Å²) in [6.45, 7) is 1.63. The number of nitrogens with one attached hydrogen (secondary N) is 1. The van der Waals surface area contributed by atoms with Crippen molar-refractivity contribution in [3.8, 4) is 11.4 Å². The molecular weight excluding hydrogens is 387 g/mol. The van der Waals surface area contributed by atoms with Gasteiger partial charge in [-0.15, -0.1) is 10.2 Å². The Morgan fingerprint density at radius 1 is 1.20 bits per heavy atom. The Kier molecular flexibility index (Phi) is 5.17. The molecule has 0 saturated carbocycles. The lowest BCUT2D eigenvalue weighted by molar-refractivity contribution is -0.119. The number of anilines is 1. The van der Waals surface area contributed by atoms with Crippen LogP contribution in [0.1, 0.15) is 13.0 Å². The van der Waals surface area contributed by atoms with Crippen molar-refractivity contribution >= 4 is 46.5 Å². The molecule has 128 valence electrons.